The summed E-state index contributed by atoms with van der Waals surface area (Å²) in [6.45, 7) is 2.20. The molecule has 2 amide bonds. The number of para-hydroxylation sites is 1. The Labute approximate surface area is 183 Å². The van der Waals surface area contributed by atoms with Gasteiger partial charge in [-0.15, -0.1) is 0 Å². The molecule has 2 aromatic carbocycles. The number of nitrogens with zero attached hydrogens (tertiary/aromatic N) is 2. The quantitative estimate of drug-likeness (QED) is 0.674. The maximum atomic E-state index is 12.8. The Morgan fingerprint density at radius 2 is 1.65 bits per heavy atom. The van der Waals surface area contributed by atoms with E-state index in [9.17, 15) is 9.59 Å². The van der Waals surface area contributed by atoms with E-state index >= 15 is 0 Å². The Hall–Kier alpha value is -3.17. The number of hydrogen-bond donors (Lipinski definition) is 1. The Morgan fingerprint density at radius 3 is 2.29 bits per heavy atom. The SMILES string of the molecule is N#CCCN(C(=O)CCC(=O)NCC1(c2ccccc2)CCOCC1)c1ccccc1. The minimum absolute atomic E-state index is 0.105. The van der Waals surface area contributed by atoms with E-state index in [0.29, 0.717) is 26.3 Å². The Bertz CT molecular complexity index is 887. The van der Waals surface area contributed by atoms with Crippen LogP contribution >= 0.6 is 0 Å². The fraction of sp³-hybridized carbons (Fsp3) is 0.400. The number of nitrogens with one attached hydrogen (secondary N) is 1. The molecule has 1 aliphatic heterocycles. The van der Waals surface area contributed by atoms with Gasteiger partial charge < -0.3 is 15.0 Å². The number of anilines is 1. The van der Waals surface area contributed by atoms with Crippen molar-refractivity contribution in [3.8, 4) is 6.07 Å². The first kappa shape index (κ1) is 22.5. The summed E-state index contributed by atoms with van der Waals surface area (Å²) in [7, 11) is 0. The second-order valence-corrected chi connectivity index (χ2v) is 7.82. The fourth-order valence-electron chi connectivity index (χ4n) is 4.00. The van der Waals surface area contributed by atoms with Crippen LogP contribution in [0.5, 0.6) is 0 Å². The van der Waals surface area contributed by atoms with Crippen LogP contribution in [0.3, 0.4) is 0 Å². The van der Waals surface area contributed by atoms with Gasteiger partial charge in [0.25, 0.3) is 0 Å². The van der Waals surface area contributed by atoms with Crippen LogP contribution in [-0.4, -0.2) is 38.1 Å². The van der Waals surface area contributed by atoms with Crippen LogP contribution in [0.4, 0.5) is 5.69 Å². The van der Waals surface area contributed by atoms with E-state index in [1.54, 1.807) is 4.90 Å². The normalized spacial score (nSPS) is 14.9. The van der Waals surface area contributed by atoms with Crippen LogP contribution in [0.15, 0.2) is 60.7 Å². The van der Waals surface area contributed by atoms with Gasteiger partial charge in [-0.2, -0.15) is 5.26 Å². The molecule has 162 valence electrons. The number of carbonyl (C=O) groups is 2. The zero-order valence-electron chi connectivity index (χ0n) is 17.8. The summed E-state index contributed by atoms with van der Waals surface area (Å²) in [5.74, 6) is -0.288. The first-order valence-electron chi connectivity index (χ1n) is 10.8. The minimum atomic E-state index is -0.152. The average molecular weight is 420 g/mol. The third kappa shape index (κ3) is 6.16. The van der Waals surface area contributed by atoms with Crippen LogP contribution < -0.4 is 10.2 Å². The van der Waals surface area contributed by atoms with Gasteiger partial charge in [0.2, 0.25) is 11.8 Å². The monoisotopic (exact) mass is 419 g/mol. The molecular formula is C25H29N3O3. The molecular weight excluding hydrogens is 390 g/mol. The number of hydrogen-bond acceptors (Lipinski definition) is 4. The highest BCUT2D eigenvalue weighted by atomic mass is 16.5. The maximum Gasteiger partial charge on any atom is 0.227 e. The maximum absolute atomic E-state index is 12.8. The highest BCUT2D eigenvalue weighted by Gasteiger charge is 2.34. The summed E-state index contributed by atoms with van der Waals surface area (Å²) in [5, 5.41) is 12.0. The van der Waals surface area contributed by atoms with Crippen molar-refractivity contribution in [3.05, 3.63) is 66.2 Å². The largest absolute Gasteiger partial charge is 0.381 e. The predicted molar refractivity (Wildman–Crippen MR) is 119 cm³/mol. The molecule has 1 fully saturated rings. The van der Waals surface area contributed by atoms with Gasteiger partial charge in [0.15, 0.2) is 0 Å². The summed E-state index contributed by atoms with van der Waals surface area (Å²) < 4.78 is 5.55. The standard InChI is InChI=1S/C25H29N3O3/c26-16-7-17-28(22-10-5-2-6-11-22)24(30)13-12-23(29)27-20-25(14-18-31-19-15-25)21-8-3-1-4-9-21/h1-6,8-11H,7,12-15,17-20H2,(H,27,29). The summed E-state index contributed by atoms with van der Waals surface area (Å²) in [6, 6.07) is 21.6. The van der Waals surface area contributed by atoms with Crippen molar-refractivity contribution >= 4 is 17.5 Å². The Kier molecular flexibility index (Phi) is 8.19. The van der Waals surface area contributed by atoms with Crippen molar-refractivity contribution in [1.82, 2.24) is 5.32 Å². The van der Waals surface area contributed by atoms with Crippen LogP contribution in [0.2, 0.25) is 0 Å². The topological polar surface area (TPSA) is 82.4 Å². The third-order valence-corrected chi connectivity index (χ3v) is 5.84. The molecule has 6 heteroatoms. The van der Waals surface area contributed by atoms with Gasteiger partial charge in [-0.1, -0.05) is 48.5 Å². The second kappa shape index (κ2) is 11.3. The molecule has 0 aromatic heterocycles. The predicted octanol–water partition coefficient (Wildman–Crippen LogP) is 3.58. The number of ether oxygens (including phenoxy) is 1. The number of carbonyl (C=O) groups excluding carboxylic acids is 2. The lowest BCUT2D eigenvalue weighted by molar-refractivity contribution is -0.125. The van der Waals surface area contributed by atoms with Gasteiger partial charge in [0.05, 0.1) is 12.5 Å². The molecule has 0 spiro atoms. The third-order valence-electron chi connectivity index (χ3n) is 5.84. The van der Waals surface area contributed by atoms with Gasteiger partial charge >= 0.3 is 0 Å². The Morgan fingerprint density at radius 1 is 1.00 bits per heavy atom. The van der Waals surface area contributed by atoms with E-state index in [0.717, 1.165) is 18.5 Å². The van der Waals surface area contributed by atoms with Crippen molar-refractivity contribution in [2.75, 3.05) is 31.2 Å². The molecule has 0 radical (unpaired) electrons. The summed E-state index contributed by atoms with van der Waals surface area (Å²) >= 11 is 0. The van der Waals surface area contributed by atoms with Crippen LogP contribution in [0.25, 0.3) is 0 Å². The van der Waals surface area contributed by atoms with E-state index < -0.39 is 0 Å². The zero-order chi connectivity index (χ0) is 21.9. The molecule has 6 nitrogen and oxygen atoms in total. The lowest BCUT2D eigenvalue weighted by atomic mass is 9.74. The first-order chi connectivity index (χ1) is 15.1. The number of amides is 2. The number of benzene rings is 2. The smallest absolute Gasteiger partial charge is 0.227 e. The molecule has 31 heavy (non-hydrogen) atoms. The van der Waals surface area contributed by atoms with Gasteiger partial charge in [0.1, 0.15) is 0 Å². The van der Waals surface area contributed by atoms with E-state index in [2.05, 4.69) is 23.5 Å². The molecule has 0 unspecified atom stereocenters. The lowest BCUT2D eigenvalue weighted by Gasteiger charge is -2.38. The number of nitriles is 1. The molecule has 0 saturated carbocycles. The van der Waals surface area contributed by atoms with Crippen molar-refractivity contribution in [1.29, 1.82) is 5.26 Å². The summed E-state index contributed by atoms with van der Waals surface area (Å²) in [6.07, 6.45) is 2.18. The van der Waals surface area contributed by atoms with Gasteiger partial charge in [-0.05, 0) is 30.5 Å². The van der Waals surface area contributed by atoms with Gasteiger partial charge in [-0.3, -0.25) is 9.59 Å². The van der Waals surface area contributed by atoms with Crippen LogP contribution in [-0.2, 0) is 19.7 Å². The fourth-order valence-corrected chi connectivity index (χ4v) is 4.00. The molecule has 0 atom stereocenters. The molecule has 0 bridgehead atoms. The second-order valence-electron chi connectivity index (χ2n) is 7.82. The van der Waals surface area contributed by atoms with Crippen molar-refractivity contribution in [2.24, 2.45) is 0 Å². The van der Waals surface area contributed by atoms with E-state index in [4.69, 9.17) is 10.00 Å². The van der Waals surface area contributed by atoms with Crippen molar-refractivity contribution < 1.29 is 14.3 Å². The van der Waals surface area contributed by atoms with Gasteiger partial charge in [0, 0.05) is 50.2 Å². The highest BCUT2D eigenvalue weighted by Crippen LogP contribution is 2.34. The van der Waals surface area contributed by atoms with E-state index in [1.165, 1.54) is 5.56 Å². The molecule has 0 aliphatic carbocycles. The molecule has 2 aromatic rings. The summed E-state index contributed by atoms with van der Waals surface area (Å²) in [5.41, 5.74) is 1.82. The van der Waals surface area contributed by atoms with E-state index in [-0.39, 0.29) is 36.5 Å². The van der Waals surface area contributed by atoms with Crippen LogP contribution in [0.1, 0.15) is 37.7 Å². The zero-order valence-corrected chi connectivity index (χ0v) is 17.8. The first-order valence-corrected chi connectivity index (χ1v) is 10.8. The highest BCUT2D eigenvalue weighted by molar-refractivity contribution is 5.95. The molecule has 3 rings (SSSR count). The van der Waals surface area contributed by atoms with Crippen molar-refractivity contribution in [2.45, 2.75) is 37.5 Å². The molecule has 1 N–H and O–H groups in total. The molecule has 1 saturated heterocycles. The minimum Gasteiger partial charge on any atom is -0.381 e. The lowest BCUT2D eigenvalue weighted by Crippen LogP contribution is -2.44. The summed E-state index contributed by atoms with van der Waals surface area (Å²) in [4.78, 5) is 26.9. The molecule has 1 heterocycles. The van der Waals surface area contributed by atoms with Crippen molar-refractivity contribution in [3.63, 3.8) is 0 Å². The molecule has 1 aliphatic rings. The number of rotatable bonds is 9. The van der Waals surface area contributed by atoms with Gasteiger partial charge in [-0.25, -0.2) is 0 Å². The Balaban J connectivity index is 1.57. The van der Waals surface area contributed by atoms with Crippen LogP contribution in [0, 0.1) is 11.3 Å². The average Bonchev–Trinajstić information content (AvgIpc) is 2.83. The van der Waals surface area contributed by atoms with E-state index in [1.807, 2.05) is 48.5 Å².